The summed E-state index contributed by atoms with van der Waals surface area (Å²) in [6.45, 7) is 2.56. The van der Waals surface area contributed by atoms with Crippen LogP contribution in [-0.2, 0) is 0 Å². The Labute approximate surface area is 118 Å². The molecule has 0 aliphatic rings. The number of methoxy groups -OCH3 is 1. The maximum absolute atomic E-state index is 5.62. The maximum Gasteiger partial charge on any atom is 0.121 e. The van der Waals surface area contributed by atoms with E-state index in [1.54, 1.807) is 7.11 Å². The lowest BCUT2D eigenvalue weighted by atomic mass is 10.0. The second kappa shape index (κ2) is 6.48. The third kappa shape index (κ3) is 3.42. The van der Waals surface area contributed by atoms with Crippen molar-refractivity contribution in [3.05, 3.63) is 48.0 Å². The Bertz CT molecular complexity index is 552. The molecule has 0 saturated carbocycles. The van der Waals surface area contributed by atoms with Gasteiger partial charge in [0.2, 0.25) is 0 Å². The van der Waals surface area contributed by atoms with Gasteiger partial charge in [-0.25, -0.2) is 0 Å². The number of rotatable bonds is 5. The van der Waals surface area contributed by atoms with E-state index in [-0.39, 0.29) is 0 Å². The quantitative estimate of drug-likeness (QED) is 0.759. The van der Waals surface area contributed by atoms with Crippen LogP contribution in [-0.4, -0.2) is 19.6 Å². The molecular formula is C16H17ClO2. The number of benzene rings is 2. The fourth-order valence-corrected chi connectivity index (χ4v) is 2.06. The first-order chi connectivity index (χ1) is 9.24. The summed E-state index contributed by atoms with van der Waals surface area (Å²) >= 11 is 5.62. The van der Waals surface area contributed by atoms with Gasteiger partial charge < -0.3 is 9.47 Å². The molecule has 0 atom stereocenters. The SMILES string of the molecule is COc1ccc(-c2cccc(OCCCl)c2)cc1C. The Morgan fingerprint density at radius 1 is 1.05 bits per heavy atom. The van der Waals surface area contributed by atoms with Crippen LogP contribution in [0.1, 0.15) is 5.56 Å². The van der Waals surface area contributed by atoms with Crippen molar-refractivity contribution in [1.82, 2.24) is 0 Å². The van der Waals surface area contributed by atoms with Crippen LogP contribution in [0.2, 0.25) is 0 Å². The van der Waals surface area contributed by atoms with Crippen LogP contribution >= 0.6 is 11.6 Å². The lowest BCUT2D eigenvalue weighted by Crippen LogP contribution is -1.97. The molecule has 2 aromatic rings. The van der Waals surface area contributed by atoms with E-state index in [9.17, 15) is 0 Å². The van der Waals surface area contributed by atoms with Crippen molar-refractivity contribution >= 4 is 11.6 Å². The van der Waals surface area contributed by atoms with Gasteiger partial charge in [0.15, 0.2) is 0 Å². The molecule has 100 valence electrons. The van der Waals surface area contributed by atoms with Crippen molar-refractivity contribution in [3.63, 3.8) is 0 Å². The zero-order valence-corrected chi connectivity index (χ0v) is 11.9. The Kier molecular flexibility index (Phi) is 4.69. The summed E-state index contributed by atoms with van der Waals surface area (Å²) in [4.78, 5) is 0. The molecule has 0 aliphatic heterocycles. The zero-order valence-electron chi connectivity index (χ0n) is 11.2. The van der Waals surface area contributed by atoms with Crippen molar-refractivity contribution in [2.45, 2.75) is 6.92 Å². The van der Waals surface area contributed by atoms with E-state index in [2.05, 4.69) is 12.1 Å². The van der Waals surface area contributed by atoms with Crippen LogP contribution < -0.4 is 9.47 Å². The molecular weight excluding hydrogens is 260 g/mol. The lowest BCUT2D eigenvalue weighted by molar-refractivity contribution is 0.343. The van der Waals surface area contributed by atoms with Crippen LogP contribution in [0.4, 0.5) is 0 Å². The van der Waals surface area contributed by atoms with E-state index in [0.29, 0.717) is 12.5 Å². The van der Waals surface area contributed by atoms with E-state index < -0.39 is 0 Å². The highest BCUT2D eigenvalue weighted by Gasteiger charge is 2.03. The fourth-order valence-electron chi connectivity index (χ4n) is 1.98. The molecule has 0 fully saturated rings. The van der Waals surface area contributed by atoms with E-state index in [0.717, 1.165) is 28.2 Å². The molecule has 2 aromatic carbocycles. The summed E-state index contributed by atoms with van der Waals surface area (Å²) in [6, 6.07) is 14.1. The van der Waals surface area contributed by atoms with Gasteiger partial charge in [0.05, 0.1) is 13.0 Å². The molecule has 0 aromatic heterocycles. The van der Waals surface area contributed by atoms with Crippen LogP contribution in [0, 0.1) is 6.92 Å². The number of aryl methyl sites for hydroxylation is 1. The number of halogens is 1. The zero-order chi connectivity index (χ0) is 13.7. The lowest BCUT2D eigenvalue weighted by Gasteiger charge is -2.09. The molecule has 0 amide bonds. The van der Waals surface area contributed by atoms with Crippen LogP contribution in [0.15, 0.2) is 42.5 Å². The van der Waals surface area contributed by atoms with Gasteiger partial charge in [0.1, 0.15) is 18.1 Å². The number of hydrogen-bond donors (Lipinski definition) is 0. The topological polar surface area (TPSA) is 18.5 Å². The maximum atomic E-state index is 5.62. The third-order valence-electron chi connectivity index (χ3n) is 2.91. The van der Waals surface area contributed by atoms with Crippen molar-refractivity contribution < 1.29 is 9.47 Å². The summed E-state index contributed by atoms with van der Waals surface area (Å²) < 4.78 is 10.8. The third-order valence-corrected chi connectivity index (χ3v) is 3.06. The van der Waals surface area contributed by atoms with Gasteiger partial charge in [0.25, 0.3) is 0 Å². The molecule has 0 bridgehead atoms. The molecule has 0 spiro atoms. The molecule has 2 nitrogen and oxygen atoms in total. The molecule has 0 N–H and O–H groups in total. The highest BCUT2D eigenvalue weighted by atomic mass is 35.5. The monoisotopic (exact) mass is 276 g/mol. The smallest absolute Gasteiger partial charge is 0.121 e. The second-order valence-corrected chi connectivity index (χ2v) is 4.63. The molecule has 2 rings (SSSR count). The normalized spacial score (nSPS) is 10.3. The Morgan fingerprint density at radius 3 is 2.53 bits per heavy atom. The Balaban J connectivity index is 2.28. The highest BCUT2D eigenvalue weighted by molar-refractivity contribution is 6.18. The van der Waals surface area contributed by atoms with E-state index >= 15 is 0 Å². The molecule has 19 heavy (non-hydrogen) atoms. The summed E-state index contributed by atoms with van der Waals surface area (Å²) in [5.41, 5.74) is 3.39. The second-order valence-electron chi connectivity index (χ2n) is 4.25. The molecule has 3 heteroatoms. The summed E-state index contributed by atoms with van der Waals surface area (Å²) in [6.07, 6.45) is 0. The minimum Gasteiger partial charge on any atom is -0.496 e. The largest absolute Gasteiger partial charge is 0.496 e. The molecule has 0 heterocycles. The van der Waals surface area contributed by atoms with Crippen LogP contribution in [0.3, 0.4) is 0 Å². The number of ether oxygens (including phenoxy) is 2. The first-order valence-electron chi connectivity index (χ1n) is 6.18. The van der Waals surface area contributed by atoms with E-state index in [1.165, 1.54) is 0 Å². The predicted octanol–water partition coefficient (Wildman–Crippen LogP) is 4.29. The van der Waals surface area contributed by atoms with Gasteiger partial charge >= 0.3 is 0 Å². The van der Waals surface area contributed by atoms with E-state index in [4.69, 9.17) is 21.1 Å². The number of hydrogen-bond acceptors (Lipinski definition) is 2. The number of alkyl halides is 1. The standard InChI is InChI=1S/C16H17ClO2/c1-12-10-14(6-7-16(12)18-2)13-4-3-5-15(11-13)19-9-8-17/h3-7,10-11H,8-9H2,1-2H3. The molecule has 0 saturated heterocycles. The molecule has 0 unspecified atom stereocenters. The van der Waals surface area contributed by atoms with Crippen LogP contribution in [0.5, 0.6) is 11.5 Å². The van der Waals surface area contributed by atoms with Crippen molar-refractivity contribution in [1.29, 1.82) is 0 Å². The van der Waals surface area contributed by atoms with Gasteiger partial charge in [-0.05, 0) is 47.9 Å². The van der Waals surface area contributed by atoms with Gasteiger partial charge in [-0.1, -0.05) is 18.2 Å². The van der Waals surface area contributed by atoms with Gasteiger partial charge in [-0.15, -0.1) is 11.6 Å². The van der Waals surface area contributed by atoms with Crippen LogP contribution in [0.25, 0.3) is 11.1 Å². The van der Waals surface area contributed by atoms with Crippen molar-refractivity contribution in [2.24, 2.45) is 0 Å². The first kappa shape index (κ1) is 13.8. The average molecular weight is 277 g/mol. The molecule has 0 aliphatic carbocycles. The minimum absolute atomic E-state index is 0.492. The van der Waals surface area contributed by atoms with Gasteiger partial charge in [0, 0.05) is 0 Å². The summed E-state index contributed by atoms with van der Waals surface area (Å²) in [5, 5.41) is 0. The van der Waals surface area contributed by atoms with Crippen molar-refractivity contribution in [2.75, 3.05) is 19.6 Å². The Morgan fingerprint density at radius 2 is 1.84 bits per heavy atom. The summed E-state index contributed by atoms with van der Waals surface area (Å²) in [7, 11) is 1.68. The highest BCUT2D eigenvalue weighted by Crippen LogP contribution is 2.28. The van der Waals surface area contributed by atoms with Gasteiger partial charge in [-0.2, -0.15) is 0 Å². The average Bonchev–Trinajstić information content (AvgIpc) is 2.45. The minimum atomic E-state index is 0.492. The Hall–Kier alpha value is -1.67. The van der Waals surface area contributed by atoms with Crippen molar-refractivity contribution in [3.8, 4) is 22.6 Å². The fraction of sp³-hybridized carbons (Fsp3) is 0.250. The molecule has 0 radical (unpaired) electrons. The van der Waals surface area contributed by atoms with E-state index in [1.807, 2.05) is 37.3 Å². The van der Waals surface area contributed by atoms with Gasteiger partial charge in [-0.3, -0.25) is 0 Å². The predicted molar refractivity (Wildman–Crippen MR) is 79.4 cm³/mol. The summed E-state index contributed by atoms with van der Waals surface area (Å²) in [5.74, 6) is 2.23. The first-order valence-corrected chi connectivity index (χ1v) is 6.72.